The van der Waals surface area contributed by atoms with Crippen LogP contribution in [-0.2, 0) is 22.7 Å². The number of hydrogen-bond acceptors (Lipinski definition) is 6. The number of pyridine rings is 1. The summed E-state index contributed by atoms with van der Waals surface area (Å²) >= 11 is 0. The molecule has 0 aliphatic rings. The highest BCUT2D eigenvalue weighted by atomic mass is 16.3. The molecule has 0 saturated carbocycles. The smallest absolute Gasteiger partial charge is 0.247 e. The highest BCUT2D eigenvalue weighted by Crippen LogP contribution is 2.26. The van der Waals surface area contributed by atoms with E-state index in [9.17, 15) is 9.59 Å². The lowest BCUT2D eigenvalue weighted by Crippen LogP contribution is -2.50. The van der Waals surface area contributed by atoms with Crippen LogP contribution in [0.4, 0.5) is 0 Å². The summed E-state index contributed by atoms with van der Waals surface area (Å²) in [6.07, 6.45) is 5.51. The van der Waals surface area contributed by atoms with Crippen LogP contribution in [-0.4, -0.2) is 42.2 Å². The second-order valence-corrected chi connectivity index (χ2v) is 8.75. The van der Waals surface area contributed by atoms with E-state index in [0.717, 1.165) is 11.9 Å². The van der Waals surface area contributed by atoms with Gasteiger partial charge < -0.3 is 14.6 Å². The maximum atomic E-state index is 13.7. The zero-order chi connectivity index (χ0) is 24.1. The molecule has 9 heteroatoms. The molecule has 2 amide bonds. The van der Waals surface area contributed by atoms with Gasteiger partial charge in [0.05, 0.1) is 18.3 Å². The number of furan rings is 1. The number of aromatic nitrogens is 4. The molecule has 0 spiro atoms. The molecule has 0 aliphatic carbocycles. The first kappa shape index (κ1) is 23.2. The fourth-order valence-corrected chi connectivity index (χ4v) is 3.66. The third-order valence-electron chi connectivity index (χ3n) is 5.86. The van der Waals surface area contributed by atoms with Gasteiger partial charge in [0.1, 0.15) is 23.9 Å². The molecule has 0 bridgehead atoms. The summed E-state index contributed by atoms with van der Waals surface area (Å²) in [5, 5.41) is 11.4. The van der Waals surface area contributed by atoms with Crippen LogP contribution in [0.3, 0.4) is 0 Å². The lowest BCUT2D eigenvalue weighted by atomic mass is 9.99. The highest BCUT2D eigenvalue weighted by molar-refractivity contribution is 5.89. The van der Waals surface area contributed by atoms with Gasteiger partial charge in [-0.2, -0.15) is 0 Å². The number of rotatable bonds is 9. The Morgan fingerprint density at radius 3 is 2.59 bits per heavy atom. The second kappa shape index (κ2) is 9.86. The number of nitrogens with one attached hydrogen (secondary N) is 1. The monoisotopic (exact) mass is 460 g/mol. The summed E-state index contributed by atoms with van der Waals surface area (Å²) in [5.74, 6) is -0.00173. The molecule has 0 unspecified atom stereocenters. The zero-order valence-corrected chi connectivity index (χ0v) is 19.5. The number of nitrogens with zero attached hydrogens (tertiary/aromatic N) is 5. The van der Waals surface area contributed by atoms with Gasteiger partial charge in [0.15, 0.2) is 0 Å². The lowest BCUT2D eigenvalue weighted by molar-refractivity contribution is -0.143. The van der Waals surface area contributed by atoms with Crippen molar-refractivity contribution in [1.82, 2.24) is 30.2 Å². The van der Waals surface area contributed by atoms with Gasteiger partial charge in [-0.05, 0) is 62.2 Å². The Balaban J connectivity index is 1.72. The first-order chi connectivity index (χ1) is 16.4. The number of amides is 2. The van der Waals surface area contributed by atoms with E-state index < -0.39 is 11.6 Å². The summed E-state index contributed by atoms with van der Waals surface area (Å²) in [7, 11) is 0. The minimum atomic E-state index is -0.888. The summed E-state index contributed by atoms with van der Waals surface area (Å²) in [5.41, 5.74) is 1.65. The normalized spacial score (nSPS) is 12.4. The fourth-order valence-electron chi connectivity index (χ4n) is 3.66. The molecule has 1 aromatic carbocycles. The Bertz CT molecular complexity index is 1250. The van der Waals surface area contributed by atoms with Crippen LogP contribution < -0.4 is 5.32 Å². The fraction of sp³-hybridized carbons (Fsp3) is 0.320. The SMILES string of the molecule is CCC(C)(C)NC(=O)[C@@H](c1ccncc1)N(Cc1ccco1)C(=O)Cn1nnc2ccccc21. The van der Waals surface area contributed by atoms with Gasteiger partial charge >= 0.3 is 0 Å². The van der Waals surface area contributed by atoms with Crippen molar-refractivity contribution in [1.29, 1.82) is 0 Å². The molecule has 1 atom stereocenters. The van der Waals surface area contributed by atoms with Gasteiger partial charge in [-0.1, -0.05) is 24.3 Å². The topological polar surface area (TPSA) is 106 Å². The Morgan fingerprint density at radius 1 is 1.12 bits per heavy atom. The average Bonchev–Trinajstić information content (AvgIpc) is 3.49. The first-order valence-corrected chi connectivity index (χ1v) is 11.2. The van der Waals surface area contributed by atoms with E-state index in [2.05, 4.69) is 20.6 Å². The molecule has 4 aromatic rings. The van der Waals surface area contributed by atoms with Crippen LogP contribution >= 0.6 is 0 Å². The van der Waals surface area contributed by atoms with E-state index in [1.54, 1.807) is 47.6 Å². The molecule has 0 saturated heterocycles. The predicted octanol–water partition coefficient (Wildman–Crippen LogP) is 3.49. The molecule has 1 N–H and O–H groups in total. The summed E-state index contributed by atoms with van der Waals surface area (Å²) < 4.78 is 7.08. The van der Waals surface area contributed by atoms with Crippen molar-refractivity contribution in [3.63, 3.8) is 0 Å². The summed E-state index contributed by atoms with van der Waals surface area (Å²) in [6, 6.07) is 13.6. The van der Waals surface area contributed by atoms with Gasteiger partial charge in [0, 0.05) is 17.9 Å². The summed E-state index contributed by atoms with van der Waals surface area (Å²) in [6.45, 7) is 5.95. The largest absolute Gasteiger partial charge is 0.467 e. The van der Waals surface area contributed by atoms with Crippen LogP contribution in [0.25, 0.3) is 11.0 Å². The quantitative estimate of drug-likeness (QED) is 0.410. The van der Waals surface area contributed by atoms with Gasteiger partial charge in [-0.15, -0.1) is 5.10 Å². The molecule has 0 radical (unpaired) electrons. The minimum absolute atomic E-state index is 0.0761. The Kier molecular flexibility index (Phi) is 6.72. The van der Waals surface area contributed by atoms with E-state index in [1.165, 1.54) is 4.90 Å². The second-order valence-electron chi connectivity index (χ2n) is 8.75. The van der Waals surface area contributed by atoms with Gasteiger partial charge in [-0.25, -0.2) is 4.68 Å². The van der Waals surface area contributed by atoms with Crippen molar-refractivity contribution in [3.05, 3.63) is 78.5 Å². The molecular weight excluding hydrogens is 432 g/mol. The van der Waals surface area contributed by atoms with E-state index >= 15 is 0 Å². The van der Waals surface area contributed by atoms with Crippen molar-refractivity contribution < 1.29 is 14.0 Å². The number of carbonyl (C=O) groups is 2. The van der Waals surface area contributed by atoms with Crippen molar-refractivity contribution >= 4 is 22.8 Å². The molecule has 3 aromatic heterocycles. The van der Waals surface area contributed by atoms with Crippen molar-refractivity contribution in [2.24, 2.45) is 0 Å². The minimum Gasteiger partial charge on any atom is -0.467 e. The van der Waals surface area contributed by atoms with E-state index in [0.29, 0.717) is 16.8 Å². The molecule has 0 fully saturated rings. The highest BCUT2D eigenvalue weighted by Gasteiger charge is 2.34. The van der Waals surface area contributed by atoms with E-state index in [-0.39, 0.29) is 24.9 Å². The number of fused-ring (bicyclic) bond motifs is 1. The standard InChI is InChI=1S/C25H28N6O3/c1-4-25(2,3)27-24(33)23(18-11-13-26-14-12-18)30(16-19-8-7-15-34-19)22(32)17-31-21-10-6-5-9-20(21)28-29-31/h5-15,23H,4,16-17H2,1-3H3,(H,27,33)/t23-/m1/s1. The van der Waals surface area contributed by atoms with Gasteiger partial charge in [0.25, 0.3) is 0 Å². The van der Waals surface area contributed by atoms with Crippen molar-refractivity contribution in [2.75, 3.05) is 0 Å². The molecular formula is C25H28N6O3. The Hall–Kier alpha value is -4.01. The maximum absolute atomic E-state index is 13.7. The van der Waals surface area contributed by atoms with E-state index in [1.807, 2.05) is 45.0 Å². The van der Waals surface area contributed by atoms with Crippen LogP contribution in [0.2, 0.25) is 0 Å². The molecule has 9 nitrogen and oxygen atoms in total. The molecule has 3 heterocycles. The van der Waals surface area contributed by atoms with Crippen LogP contribution in [0.15, 0.2) is 71.6 Å². The van der Waals surface area contributed by atoms with E-state index in [4.69, 9.17) is 4.42 Å². The van der Waals surface area contributed by atoms with Crippen LogP contribution in [0.5, 0.6) is 0 Å². The number of hydrogen-bond donors (Lipinski definition) is 1. The first-order valence-electron chi connectivity index (χ1n) is 11.2. The average molecular weight is 461 g/mol. The van der Waals surface area contributed by atoms with Gasteiger partial charge in [0.2, 0.25) is 11.8 Å². The molecule has 34 heavy (non-hydrogen) atoms. The maximum Gasteiger partial charge on any atom is 0.247 e. The molecule has 4 rings (SSSR count). The zero-order valence-electron chi connectivity index (χ0n) is 19.5. The van der Waals surface area contributed by atoms with Crippen molar-refractivity contribution in [3.8, 4) is 0 Å². The summed E-state index contributed by atoms with van der Waals surface area (Å²) in [4.78, 5) is 32.9. The Labute approximate surface area is 197 Å². The lowest BCUT2D eigenvalue weighted by Gasteiger charge is -2.34. The number of para-hydroxylation sites is 1. The van der Waals surface area contributed by atoms with Crippen LogP contribution in [0, 0.1) is 0 Å². The number of carbonyl (C=O) groups excluding carboxylic acids is 2. The number of benzene rings is 1. The van der Waals surface area contributed by atoms with Crippen LogP contribution in [0.1, 0.15) is 44.6 Å². The Morgan fingerprint density at radius 2 is 1.88 bits per heavy atom. The molecule has 176 valence electrons. The third kappa shape index (κ3) is 5.14. The van der Waals surface area contributed by atoms with Crippen molar-refractivity contribution in [2.45, 2.75) is 51.9 Å². The molecule has 0 aliphatic heterocycles. The predicted molar refractivity (Wildman–Crippen MR) is 126 cm³/mol. The third-order valence-corrected chi connectivity index (χ3v) is 5.86. The van der Waals surface area contributed by atoms with Gasteiger partial charge in [-0.3, -0.25) is 14.6 Å².